The van der Waals surface area contributed by atoms with Gasteiger partial charge in [-0.3, -0.25) is 9.69 Å². The lowest BCUT2D eigenvalue weighted by atomic mass is 9.90. The topological polar surface area (TPSA) is 53.4 Å². The number of carboxylic acid groups (broad SMARTS) is 1. The van der Waals surface area contributed by atoms with Gasteiger partial charge < -0.3 is 5.11 Å². The summed E-state index contributed by atoms with van der Waals surface area (Å²) in [6.07, 6.45) is 0.716. The van der Waals surface area contributed by atoms with Gasteiger partial charge in [0.25, 0.3) is 0 Å². The zero-order valence-electron chi connectivity index (χ0n) is 10.8. The maximum absolute atomic E-state index is 11.2. The molecule has 3 rings (SSSR count). The summed E-state index contributed by atoms with van der Waals surface area (Å²) in [5.41, 5.74) is 0.430. The van der Waals surface area contributed by atoms with Crippen LogP contribution in [0.15, 0.2) is 24.3 Å². The molecule has 0 bridgehead atoms. The highest BCUT2D eigenvalue weighted by atomic mass is 32.1. The summed E-state index contributed by atoms with van der Waals surface area (Å²) >= 11 is 1.69. The van der Waals surface area contributed by atoms with Crippen molar-refractivity contribution in [2.24, 2.45) is 5.41 Å². The Balaban J connectivity index is 1.74. The van der Waals surface area contributed by atoms with Crippen molar-refractivity contribution in [3.63, 3.8) is 0 Å². The Morgan fingerprint density at radius 3 is 3.00 bits per heavy atom. The van der Waals surface area contributed by atoms with Crippen LogP contribution in [0.25, 0.3) is 10.2 Å². The molecular weight excluding hydrogens is 260 g/mol. The minimum Gasteiger partial charge on any atom is -0.481 e. The smallest absolute Gasteiger partial charge is 0.310 e. The van der Waals surface area contributed by atoms with Crippen LogP contribution in [-0.4, -0.2) is 34.0 Å². The average molecular weight is 276 g/mol. The van der Waals surface area contributed by atoms with Gasteiger partial charge >= 0.3 is 5.97 Å². The van der Waals surface area contributed by atoms with Gasteiger partial charge in [-0.25, -0.2) is 4.98 Å². The average Bonchev–Trinajstić information content (AvgIpc) is 2.93. The van der Waals surface area contributed by atoms with Crippen LogP contribution < -0.4 is 0 Å². The highest BCUT2D eigenvalue weighted by molar-refractivity contribution is 7.18. The summed E-state index contributed by atoms with van der Waals surface area (Å²) in [7, 11) is 0. The summed E-state index contributed by atoms with van der Waals surface area (Å²) in [5.74, 6) is -0.695. The predicted octanol–water partition coefficient (Wildman–Crippen LogP) is 2.59. The Bertz CT molecular complexity index is 592. The van der Waals surface area contributed by atoms with E-state index in [-0.39, 0.29) is 0 Å². The molecule has 5 heteroatoms. The third-order valence-electron chi connectivity index (χ3n) is 3.77. The Labute approximate surface area is 115 Å². The lowest BCUT2D eigenvalue weighted by Gasteiger charge is -2.19. The van der Waals surface area contributed by atoms with Crippen molar-refractivity contribution in [2.45, 2.75) is 19.9 Å². The molecule has 0 aliphatic carbocycles. The summed E-state index contributed by atoms with van der Waals surface area (Å²) in [5, 5.41) is 10.3. The van der Waals surface area contributed by atoms with Gasteiger partial charge in [0.2, 0.25) is 0 Å². The van der Waals surface area contributed by atoms with Crippen molar-refractivity contribution >= 4 is 27.5 Å². The van der Waals surface area contributed by atoms with Crippen LogP contribution in [0.4, 0.5) is 0 Å². The molecule has 1 fully saturated rings. The number of carbonyl (C=O) groups is 1. The fourth-order valence-electron chi connectivity index (χ4n) is 2.54. The third-order valence-corrected chi connectivity index (χ3v) is 4.79. The number of aromatic nitrogens is 1. The van der Waals surface area contributed by atoms with Crippen molar-refractivity contribution in [2.75, 3.05) is 13.1 Å². The van der Waals surface area contributed by atoms with Crippen LogP contribution in [0, 0.1) is 5.41 Å². The molecule has 1 aliphatic heterocycles. The molecule has 0 amide bonds. The molecule has 1 atom stereocenters. The Kier molecular flexibility index (Phi) is 3.03. The van der Waals surface area contributed by atoms with E-state index in [0.29, 0.717) is 13.0 Å². The highest BCUT2D eigenvalue weighted by Crippen LogP contribution is 2.32. The molecule has 100 valence electrons. The van der Waals surface area contributed by atoms with E-state index < -0.39 is 11.4 Å². The molecule has 1 aromatic carbocycles. The van der Waals surface area contributed by atoms with E-state index >= 15 is 0 Å². The molecular formula is C14H16N2O2S. The van der Waals surface area contributed by atoms with Gasteiger partial charge in [-0.05, 0) is 32.0 Å². The van der Waals surface area contributed by atoms with Gasteiger partial charge in [-0.1, -0.05) is 12.1 Å². The molecule has 1 saturated heterocycles. The summed E-state index contributed by atoms with van der Waals surface area (Å²) in [4.78, 5) is 18.0. The van der Waals surface area contributed by atoms with E-state index in [0.717, 1.165) is 23.6 Å². The second-order valence-electron chi connectivity index (χ2n) is 5.40. The molecule has 1 N–H and O–H groups in total. The number of nitrogens with zero attached hydrogens (tertiary/aromatic N) is 2. The minimum absolute atomic E-state index is 0.601. The number of thiazole rings is 1. The maximum Gasteiger partial charge on any atom is 0.310 e. The zero-order valence-corrected chi connectivity index (χ0v) is 11.6. The normalized spacial score (nSPS) is 24.1. The van der Waals surface area contributed by atoms with Gasteiger partial charge in [-0.2, -0.15) is 0 Å². The molecule has 19 heavy (non-hydrogen) atoms. The fraction of sp³-hybridized carbons (Fsp3) is 0.429. The number of para-hydroxylation sites is 1. The third kappa shape index (κ3) is 2.35. The van der Waals surface area contributed by atoms with Crippen molar-refractivity contribution in [3.05, 3.63) is 29.3 Å². The van der Waals surface area contributed by atoms with Gasteiger partial charge in [-0.15, -0.1) is 11.3 Å². The van der Waals surface area contributed by atoms with Crippen LogP contribution >= 0.6 is 11.3 Å². The molecule has 1 unspecified atom stereocenters. The lowest BCUT2D eigenvalue weighted by molar-refractivity contribution is -0.147. The monoisotopic (exact) mass is 276 g/mol. The first-order valence-electron chi connectivity index (χ1n) is 6.37. The minimum atomic E-state index is -0.695. The number of fused-ring (bicyclic) bond motifs is 1. The van der Waals surface area contributed by atoms with Gasteiger partial charge in [0, 0.05) is 6.54 Å². The van der Waals surface area contributed by atoms with Crippen LogP contribution in [0.2, 0.25) is 0 Å². The van der Waals surface area contributed by atoms with Crippen LogP contribution in [0.3, 0.4) is 0 Å². The number of hydrogen-bond acceptors (Lipinski definition) is 4. The second kappa shape index (κ2) is 4.58. The van der Waals surface area contributed by atoms with Gasteiger partial charge in [0.15, 0.2) is 0 Å². The largest absolute Gasteiger partial charge is 0.481 e. The van der Waals surface area contributed by atoms with Crippen LogP contribution in [0.5, 0.6) is 0 Å². The van der Waals surface area contributed by atoms with E-state index in [2.05, 4.69) is 16.0 Å². The van der Waals surface area contributed by atoms with Crippen LogP contribution in [-0.2, 0) is 11.3 Å². The van der Waals surface area contributed by atoms with Gasteiger partial charge in [0.1, 0.15) is 5.01 Å². The quantitative estimate of drug-likeness (QED) is 0.936. The van der Waals surface area contributed by atoms with Gasteiger partial charge in [0.05, 0.1) is 22.2 Å². The molecule has 0 saturated carbocycles. The number of hydrogen-bond donors (Lipinski definition) is 1. The standard InChI is InChI=1S/C14H16N2O2S/c1-14(13(17)18)6-7-16(9-14)8-12-15-10-4-2-3-5-11(10)19-12/h2-5H,6-9H2,1H3,(H,17,18). The molecule has 4 nitrogen and oxygen atoms in total. The lowest BCUT2D eigenvalue weighted by Crippen LogP contribution is -2.31. The summed E-state index contributed by atoms with van der Waals surface area (Å²) in [6, 6.07) is 8.09. The number of carboxylic acids is 1. The first kappa shape index (κ1) is 12.6. The van der Waals surface area contributed by atoms with Crippen LogP contribution in [0.1, 0.15) is 18.4 Å². The molecule has 2 heterocycles. The zero-order chi connectivity index (χ0) is 13.5. The van der Waals surface area contributed by atoms with E-state index in [1.165, 1.54) is 4.70 Å². The number of likely N-dealkylation sites (tertiary alicyclic amines) is 1. The SMILES string of the molecule is CC1(C(=O)O)CCN(Cc2nc3ccccc3s2)C1. The second-order valence-corrected chi connectivity index (χ2v) is 6.52. The predicted molar refractivity (Wildman–Crippen MR) is 75.3 cm³/mol. The van der Waals surface area contributed by atoms with Crippen molar-refractivity contribution in [1.82, 2.24) is 9.88 Å². The summed E-state index contributed by atoms with van der Waals surface area (Å²) < 4.78 is 1.19. The Morgan fingerprint density at radius 1 is 1.53 bits per heavy atom. The summed E-state index contributed by atoms with van der Waals surface area (Å²) in [6.45, 7) is 4.02. The van der Waals surface area contributed by atoms with Crippen molar-refractivity contribution < 1.29 is 9.90 Å². The first-order valence-corrected chi connectivity index (χ1v) is 7.19. The van der Waals surface area contributed by atoms with E-state index in [9.17, 15) is 9.90 Å². The molecule has 2 aromatic rings. The highest BCUT2D eigenvalue weighted by Gasteiger charge is 2.40. The molecule has 0 spiro atoms. The number of aliphatic carboxylic acids is 1. The number of rotatable bonds is 3. The van der Waals surface area contributed by atoms with E-state index in [1.54, 1.807) is 11.3 Å². The molecule has 1 aliphatic rings. The Morgan fingerprint density at radius 2 is 2.32 bits per heavy atom. The van der Waals surface area contributed by atoms with E-state index in [1.807, 2.05) is 25.1 Å². The van der Waals surface area contributed by atoms with Crippen molar-refractivity contribution in [1.29, 1.82) is 0 Å². The number of benzene rings is 1. The Hall–Kier alpha value is -1.46. The molecule has 0 radical (unpaired) electrons. The van der Waals surface area contributed by atoms with Crippen molar-refractivity contribution in [3.8, 4) is 0 Å². The molecule has 1 aromatic heterocycles. The van der Waals surface area contributed by atoms with E-state index in [4.69, 9.17) is 0 Å². The first-order chi connectivity index (χ1) is 9.07. The fourth-order valence-corrected chi connectivity index (χ4v) is 3.55. The maximum atomic E-state index is 11.2.